The molecule has 2 aromatic carbocycles. The van der Waals surface area contributed by atoms with Crippen LogP contribution in [0.2, 0.25) is 0 Å². The predicted octanol–water partition coefficient (Wildman–Crippen LogP) is 4.23. The quantitative estimate of drug-likeness (QED) is 0.416. The largest absolute Gasteiger partial charge is 0.435 e. The highest BCUT2D eigenvalue weighted by molar-refractivity contribution is 5.87. The molecule has 3 aromatic heterocycles. The summed E-state index contributed by atoms with van der Waals surface area (Å²) in [7, 11) is 0. The zero-order valence-corrected chi connectivity index (χ0v) is 16.5. The van der Waals surface area contributed by atoms with Crippen LogP contribution in [0, 0.1) is 0 Å². The maximum Gasteiger partial charge on any atom is 0.387 e. The van der Waals surface area contributed by atoms with E-state index in [-0.39, 0.29) is 16.9 Å². The van der Waals surface area contributed by atoms with E-state index in [1.807, 2.05) is 30.3 Å². The fourth-order valence-corrected chi connectivity index (χ4v) is 3.48. The number of pyridine rings is 1. The molecular weight excluding hydrogens is 416 g/mol. The van der Waals surface area contributed by atoms with Crippen LogP contribution in [-0.4, -0.2) is 31.2 Å². The number of halogens is 2. The third kappa shape index (κ3) is 3.60. The minimum Gasteiger partial charge on any atom is -0.435 e. The molecule has 0 N–H and O–H groups in total. The zero-order chi connectivity index (χ0) is 22.1. The van der Waals surface area contributed by atoms with Crippen LogP contribution in [-0.2, 0) is 0 Å². The second-order valence-corrected chi connectivity index (χ2v) is 6.82. The Kier molecular flexibility index (Phi) is 4.91. The molecule has 5 aromatic rings. The molecule has 32 heavy (non-hydrogen) atoms. The molecular formula is C23H15F2N5O2. The van der Waals surface area contributed by atoms with Crippen LogP contribution < -0.4 is 10.2 Å². The van der Waals surface area contributed by atoms with Crippen molar-refractivity contribution in [3.8, 4) is 28.5 Å². The Labute approximate surface area is 180 Å². The number of hydrogen-bond acceptors (Lipinski definition) is 5. The number of benzene rings is 2. The van der Waals surface area contributed by atoms with Crippen LogP contribution in [0.1, 0.15) is 0 Å². The number of alkyl halides is 2. The van der Waals surface area contributed by atoms with Crippen molar-refractivity contribution in [2.24, 2.45) is 0 Å². The Morgan fingerprint density at radius 3 is 2.69 bits per heavy atom. The van der Waals surface area contributed by atoms with E-state index >= 15 is 0 Å². The van der Waals surface area contributed by atoms with Gasteiger partial charge in [0.2, 0.25) is 5.43 Å². The van der Waals surface area contributed by atoms with Crippen LogP contribution in [0.3, 0.4) is 0 Å². The molecule has 0 fully saturated rings. The van der Waals surface area contributed by atoms with Gasteiger partial charge in [0, 0.05) is 29.9 Å². The zero-order valence-electron chi connectivity index (χ0n) is 16.5. The van der Waals surface area contributed by atoms with Crippen molar-refractivity contribution in [3.63, 3.8) is 0 Å². The molecule has 0 saturated carbocycles. The molecule has 0 aliphatic heterocycles. The van der Waals surface area contributed by atoms with Gasteiger partial charge in [-0.05, 0) is 42.5 Å². The van der Waals surface area contributed by atoms with Gasteiger partial charge in [-0.3, -0.25) is 9.78 Å². The molecule has 0 spiro atoms. The van der Waals surface area contributed by atoms with E-state index in [0.29, 0.717) is 11.4 Å². The fourth-order valence-electron chi connectivity index (χ4n) is 3.48. The van der Waals surface area contributed by atoms with E-state index in [2.05, 4.69) is 19.9 Å². The first-order chi connectivity index (χ1) is 15.6. The fraction of sp³-hybridized carbons (Fsp3) is 0.0435. The maximum absolute atomic E-state index is 12.7. The van der Waals surface area contributed by atoms with Gasteiger partial charge in [0.25, 0.3) is 0 Å². The molecule has 0 aliphatic carbocycles. The van der Waals surface area contributed by atoms with Crippen molar-refractivity contribution < 1.29 is 13.5 Å². The number of fused-ring (bicyclic) bond motifs is 1. The Morgan fingerprint density at radius 2 is 1.81 bits per heavy atom. The van der Waals surface area contributed by atoms with Crippen molar-refractivity contribution in [2.45, 2.75) is 6.61 Å². The summed E-state index contributed by atoms with van der Waals surface area (Å²) in [6.45, 7) is -2.94. The highest BCUT2D eigenvalue weighted by atomic mass is 19.3. The first kappa shape index (κ1) is 19.6. The predicted molar refractivity (Wildman–Crippen MR) is 114 cm³/mol. The molecule has 158 valence electrons. The van der Waals surface area contributed by atoms with Gasteiger partial charge in [0.15, 0.2) is 5.69 Å². The normalized spacial score (nSPS) is 11.2. The lowest BCUT2D eigenvalue weighted by molar-refractivity contribution is -0.0498. The molecule has 5 rings (SSSR count). The van der Waals surface area contributed by atoms with Crippen LogP contribution >= 0.6 is 0 Å². The molecule has 0 unspecified atom stereocenters. The lowest BCUT2D eigenvalue weighted by atomic mass is 10.1. The molecule has 9 heteroatoms. The standard InChI is InChI=1S/C23H15F2N5O2/c24-23(25)32-16-5-1-4-15(14-16)29-13-10-21(31)22(28-29)20-9-12-27-30(20)19-8-2-7-18-17(19)6-3-11-26-18/h1-14,23H. The Morgan fingerprint density at radius 1 is 0.938 bits per heavy atom. The molecule has 0 atom stereocenters. The monoisotopic (exact) mass is 431 g/mol. The lowest BCUT2D eigenvalue weighted by Crippen LogP contribution is -2.15. The van der Waals surface area contributed by atoms with Gasteiger partial charge >= 0.3 is 6.61 Å². The lowest BCUT2D eigenvalue weighted by Gasteiger charge is -2.12. The number of nitrogens with zero attached hydrogens (tertiary/aromatic N) is 5. The third-order valence-corrected chi connectivity index (χ3v) is 4.85. The Hall–Kier alpha value is -4.40. The summed E-state index contributed by atoms with van der Waals surface area (Å²) in [5.41, 5.74) is 2.35. The molecule has 0 radical (unpaired) electrons. The number of ether oxygens (including phenoxy) is 1. The summed E-state index contributed by atoms with van der Waals surface area (Å²) in [6.07, 6.45) is 4.76. The minimum atomic E-state index is -2.94. The maximum atomic E-state index is 12.7. The topological polar surface area (TPSA) is 74.8 Å². The van der Waals surface area contributed by atoms with Gasteiger partial charge in [-0.2, -0.15) is 19.0 Å². The summed E-state index contributed by atoms with van der Waals surface area (Å²) < 4.78 is 32.7. The average Bonchev–Trinajstić information content (AvgIpc) is 3.28. The van der Waals surface area contributed by atoms with Crippen LogP contribution in [0.15, 0.2) is 90.1 Å². The van der Waals surface area contributed by atoms with Gasteiger partial charge < -0.3 is 4.74 Å². The van der Waals surface area contributed by atoms with E-state index in [9.17, 15) is 13.6 Å². The summed E-state index contributed by atoms with van der Waals surface area (Å²) in [5, 5.41) is 9.73. The first-order valence-corrected chi connectivity index (χ1v) is 9.64. The molecule has 3 heterocycles. The van der Waals surface area contributed by atoms with Gasteiger partial charge in [0.1, 0.15) is 5.75 Å². The minimum absolute atomic E-state index is 0.00662. The second-order valence-electron chi connectivity index (χ2n) is 6.82. The molecule has 0 amide bonds. The second kappa shape index (κ2) is 8.03. The molecule has 7 nitrogen and oxygen atoms in total. The van der Waals surface area contributed by atoms with E-state index in [1.165, 1.54) is 29.1 Å². The molecule has 0 saturated heterocycles. The first-order valence-electron chi connectivity index (χ1n) is 9.64. The van der Waals surface area contributed by atoms with Crippen molar-refractivity contribution in [3.05, 3.63) is 95.5 Å². The smallest absolute Gasteiger partial charge is 0.387 e. The van der Waals surface area contributed by atoms with Gasteiger partial charge in [0.05, 0.1) is 28.8 Å². The van der Waals surface area contributed by atoms with Gasteiger partial charge in [-0.1, -0.05) is 12.1 Å². The third-order valence-electron chi connectivity index (χ3n) is 4.85. The molecule has 0 aliphatic rings. The average molecular weight is 431 g/mol. The van der Waals surface area contributed by atoms with E-state index < -0.39 is 6.61 Å². The summed E-state index contributed by atoms with van der Waals surface area (Å²) in [4.78, 5) is 17.1. The van der Waals surface area contributed by atoms with E-state index in [4.69, 9.17) is 0 Å². The van der Waals surface area contributed by atoms with Gasteiger partial charge in [-0.15, -0.1) is 0 Å². The number of rotatable bonds is 5. The van der Waals surface area contributed by atoms with Crippen molar-refractivity contribution >= 4 is 10.9 Å². The Bertz CT molecular complexity index is 1470. The summed E-state index contributed by atoms with van der Waals surface area (Å²) in [5.74, 6) is -0.00662. The van der Waals surface area contributed by atoms with Crippen LogP contribution in [0.5, 0.6) is 5.75 Å². The number of aromatic nitrogens is 5. The van der Waals surface area contributed by atoms with Crippen LogP contribution in [0.25, 0.3) is 33.7 Å². The summed E-state index contributed by atoms with van der Waals surface area (Å²) in [6, 6.07) is 18.5. The summed E-state index contributed by atoms with van der Waals surface area (Å²) >= 11 is 0. The SMILES string of the molecule is O=c1ccn(-c2cccc(OC(F)F)c2)nc1-c1ccnn1-c1cccc2ncccc12. The van der Waals surface area contributed by atoms with Crippen molar-refractivity contribution in [1.29, 1.82) is 0 Å². The van der Waals surface area contributed by atoms with Gasteiger partial charge in [-0.25, -0.2) is 9.36 Å². The van der Waals surface area contributed by atoms with E-state index in [1.54, 1.807) is 35.3 Å². The van der Waals surface area contributed by atoms with Crippen molar-refractivity contribution in [1.82, 2.24) is 24.5 Å². The molecule has 0 bridgehead atoms. The Balaban J connectivity index is 1.63. The highest BCUT2D eigenvalue weighted by Gasteiger charge is 2.16. The van der Waals surface area contributed by atoms with Crippen LogP contribution in [0.4, 0.5) is 8.78 Å². The number of hydrogen-bond donors (Lipinski definition) is 0. The van der Waals surface area contributed by atoms with E-state index in [0.717, 1.165) is 16.6 Å². The van der Waals surface area contributed by atoms with Crippen molar-refractivity contribution in [2.75, 3.05) is 0 Å². The highest BCUT2D eigenvalue weighted by Crippen LogP contribution is 2.25.